The number of anilines is 1. The Balaban J connectivity index is 2.48. The Kier molecular flexibility index (Phi) is 3.62. The SMILES string of the molecule is Cc1nnc(N2CCOCC2C(=O)O)c(C#N)c1C. The zero-order chi connectivity index (χ0) is 14.0. The Hall–Kier alpha value is -2.20. The van der Waals surface area contributed by atoms with Gasteiger partial charge in [0, 0.05) is 6.54 Å². The molecule has 1 fully saturated rings. The van der Waals surface area contributed by atoms with Crippen molar-refractivity contribution < 1.29 is 14.6 Å². The van der Waals surface area contributed by atoms with Crippen molar-refractivity contribution >= 4 is 11.8 Å². The number of carboxylic acids is 1. The molecule has 0 saturated carbocycles. The second kappa shape index (κ2) is 5.20. The highest BCUT2D eigenvalue weighted by atomic mass is 16.5. The van der Waals surface area contributed by atoms with E-state index in [-0.39, 0.29) is 6.61 Å². The van der Waals surface area contributed by atoms with Crippen molar-refractivity contribution in [2.24, 2.45) is 0 Å². The molecule has 2 heterocycles. The molecule has 0 amide bonds. The molecular weight excluding hydrogens is 248 g/mol. The van der Waals surface area contributed by atoms with Crippen LogP contribution in [0.15, 0.2) is 0 Å². The number of morpholine rings is 1. The molecule has 1 aromatic heterocycles. The third-order valence-corrected chi connectivity index (χ3v) is 3.23. The van der Waals surface area contributed by atoms with Crippen LogP contribution in [0.3, 0.4) is 0 Å². The van der Waals surface area contributed by atoms with Crippen molar-refractivity contribution in [3.63, 3.8) is 0 Å². The fraction of sp³-hybridized carbons (Fsp3) is 0.500. The Morgan fingerprint density at radius 1 is 1.53 bits per heavy atom. The first-order valence-corrected chi connectivity index (χ1v) is 5.87. The van der Waals surface area contributed by atoms with Gasteiger partial charge in [-0.25, -0.2) is 4.79 Å². The Morgan fingerprint density at radius 3 is 2.89 bits per heavy atom. The monoisotopic (exact) mass is 262 g/mol. The van der Waals surface area contributed by atoms with Gasteiger partial charge >= 0.3 is 5.97 Å². The molecular formula is C12H14N4O3. The summed E-state index contributed by atoms with van der Waals surface area (Å²) in [5, 5.41) is 26.4. The standard InChI is InChI=1S/C12H14N4O3/c1-7-8(2)14-15-11(9(7)5-13)16-3-4-19-6-10(16)12(17)18/h10H,3-4,6H2,1-2H3,(H,17,18). The molecule has 1 N–H and O–H groups in total. The summed E-state index contributed by atoms with van der Waals surface area (Å²) in [5.41, 5.74) is 1.77. The molecule has 1 unspecified atom stereocenters. The maximum Gasteiger partial charge on any atom is 0.328 e. The first-order valence-electron chi connectivity index (χ1n) is 5.87. The summed E-state index contributed by atoms with van der Waals surface area (Å²) in [6.45, 7) is 4.41. The third-order valence-electron chi connectivity index (χ3n) is 3.23. The molecule has 7 nitrogen and oxygen atoms in total. The fourth-order valence-corrected chi connectivity index (χ4v) is 1.99. The van der Waals surface area contributed by atoms with Gasteiger partial charge in [-0.2, -0.15) is 10.4 Å². The van der Waals surface area contributed by atoms with Gasteiger partial charge in [0.05, 0.1) is 18.9 Å². The summed E-state index contributed by atoms with van der Waals surface area (Å²) in [4.78, 5) is 12.8. The Bertz CT molecular complexity index is 553. The molecule has 1 aliphatic rings. The first-order chi connectivity index (χ1) is 9.06. The third kappa shape index (κ3) is 2.35. The molecule has 1 aliphatic heterocycles. The van der Waals surface area contributed by atoms with Crippen molar-refractivity contribution in [3.05, 3.63) is 16.8 Å². The molecule has 1 saturated heterocycles. The highest BCUT2D eigenvalue weighted by molar-refractivity contribution is 5.79. The molecule has 1 aromatic rings. The van der Waals surface area contributed by atoms with E-state index >= 15 is 0 Å². The lowest BCUT2D eigenvalue weighted by Gasteiger charge is -2.34. The molecule has 1 atom stereocenters. The van der Waals surface area contributed by atoms with Crippen LogP contribution in [0.25, 0.3) is 0 Å². The number of rotatable bonds is 2. The molecule has 100 valence electrons. The van der Waals surface area contributed by atoms with Gasteiger partial charge in [-0.3, -0.25) is 0 Å². The molecule has 0 aliphatic carbocycles. The van der Waals surface area contributed by atoms with Crippen LogP contribution in [0.4, 0.5) is 5.82 Å². The van der Waals surface area contributed by atoms with Gasteiger partial charge in [-0.15, -0.1) is 5.10 Å². The van der Waals surface area contributed by atoms with Gasteiger partial charge in [0.1, 0.15) is 11.6 Å². The number of ether oxygens (including phenoxy) is 1. The molecule has 0 aromatic carbocycles. The summed E-state index contributed by atoms with van der Waals surface area (Å²) in [6.07, 6.45) is 0. The van der Waals surface area contributed by atoms with Gasteiger partial charge < -0.3 is 14.7 Å². The smallest absolute Gasteiger partial charge is 0.328 e. The number of carboxylic acid groups (broad SMARTS) is 1. The summed E-state index contributed by atoms with van der Waals surface area (Å²) in [6, 6.07) is 1.25. The van der Waals surface area contributed by atoms with E-state index in [4.69, 9.17) is 4.74 Å². The average Bonchev–Trinajstić information content (AvgIpc) is 2.41. The lowest BCUT2D eigenvalue weighted by molar-refractivity contribution is -0.141. The van der Waals surface area contributed by atoms with Gasteiger partial charge in [0.15, 0.2) is 11.9 Å². The van der Waals surface area contributed by atoms with E-state index in [2.05, 4.69) is 16.3 Å². The molecule has 0 spiro atoms. The van der Waals surface area contributed by atoms with E-state index in [1.807, 2.05) is 0 Å². The minimum Gasteiger partial charge on any atom is -0.480 e. The minimum absolute atomic E-state index is 0.0782. The van der Waals surface area contributed by atoms with Crippen molar-refractivity contribution in [1.82, 2.24) is 10.2 Å². The topological polar surface area (TPSA) is 99.3 Å². The van der Waals surface area contributed by atoms with Crippen LogP contribution in [0, 0.1) is 25.2 Å². The van der Waals surface area contributed by atoms with E-state index in [1.165, 1.54) is 0 Å². The van der Waals surface area contributed by atoms with Gasteiger partial charge in [-0.1, -0.05) is 0 Å². The van der Waals surface area contributed by atoms with Crippen LogP contribution in [0.1, 0.15) is 16.8 Å². The number of hydrogen-bond donors (Lipinski definition) is 1. The lowest BCUT2D eigenvalue weighted by atomic mass is 10.1. The predicted octanol–water partition coefficient (Wildman–Crippen LogP) is 0.255. The number of aromatic nitrogens is 2. The maximum absolute atomic E-state index is 11.2. The second-order valence-electron chi connectivity index (χ2n) is 4.34. The largest absolute Gasteiger partial charge is 0.480 e. The molecule has 0 bridgehead atoms. The maximum atomic E-state index is 11.2. The van der Waals surface area contributed by atoms with Crippen molar-refractivity contribution in [1.29, 1.82) is 5.26 Å². The number of hydrogen-bond acceptors (Lipinski definition) is 6. The molecule has 19 heavy (non-hydrogen) atoms. The number of aryl methyl sites for hydroxylation is 1. The van der Waals surface area contributed by atoms with Crippen LogP contribution in [0.2, 0.25) is 0 Å². The zero-order valence-electron chi connectivity index (χ0n) is 10.8. The minimum atomic E-state index is -0.997. The fourth-order valence-electron chi connectivity index (χ4n) is 1.99. The number of carbonyl (C=O) groups is 1. The van der Waals surface area contributed by atoms with Crippen LogP contribution in [-0.2, 0) is 9.53 Å². The molecule has 7 heteroatoms. The van der Waals surface area contributed by atoms with Gasteiger partial charge in [0.25, 0.3) is 0 Å². The van der Waals surface area contributed by atoms with Crippen LogP contribution < -0.4 is 4.90 Å². The Labute approximate surface area is 110 Å². The van der Waals surface area contributed by atoms with Gasteiger partial charge in [0.2, 0.25) is 0 Å². The molecule has 2 rings (SSSR count). The highest BCUT2D eigenvalue weighted by Gasteiger charge is 2.32. The summed E-state index contributed by atoms with van der Waals surface area (Å²) in [5.74, 6) is -0.676. The van der Waals surface area contributed by atoms with E-state index in [9.17, 15) is 15.2 Å². The van der Waals surface area contributed by atoms with Crippen LogP contribution in [-0.4, -0.2) is 47.1 Å². The summed E-state index contributed by atoms with van der Waals surface area (Å²) >= 11 is 0. The van der Waals surface area contributed by atoms with Gasteiger partial charge in [-0.05, 0) is 19.4 Å². The van der Waals surface area contributed by atoms with Crippen LogP contribution in [0.5, 0.6) is 0 Å². The normalized spacial score (nSPS) is 19.0. The zero-order valence-corrected chi connectivity index (χ0v) is 10.8. The first kappa shape index (κ1) is 13.2. The second-order valence-corrected chi connectivity index (χ2v) is 4.34. The Morgan fingerprint density at radius 2 is 2.26 bits per heavy atom. The quantitative estimate of drug-likeness (QED) is 0.815. The van der Waals surface area contributed by atoms with Crippen molar-refractivity contribution in [2.75, 3.05) is 24.7 Å². The lowest BCUT2D eigenvalue weighted by Crippen LogP contribution is -2.50. The van der Waals surface area contributed by atoms with E-state index in [1.54, 1.807) is 18.7 Å². The predicted molar refractivity (Wildman–Crippen MR) is 65.8 cm³/mol. The average molecular weight is 262 g/mol. The number of aliphatic carboxylic acids is 1. The number of nitrogens with zero attached hydrogens (tertiary/aromatic N) is 4. The summed E-state index contributed by atoms with van der Waals surface area (Å²) in [7, 11) is 0. The van der Waals surface area contributed by atoms with E-state index in [0.717, 1.165) is 5.56 Å². The highest BCUT2D eigenvalue weighted by Crippen LogP contribution is 2.24. The van der Waals surface area contributed by atoms with Crippen molar-refractivity contribution in [3.8, 4) is 6.07 Å². The van der Waals surface area contributed by atoms with Crippen LogP contribution >= 0.6 is 0 Å². The van der Waals surface area contributed by atoms with Crippen molar-refractivity contribution in [2.45, 2.75) is 19.9 Å². The number of nitriles is 1. The molecule has 0 radical (unpaired) electrons. The van der Waals surface area contributed by atoms with E-state index in [0.29, 0.717) is 30.2 Å². The summed E-state index contributed by atoms with van der Waals surface area (Å²) < 4.78 is 5.17. The van der Waals surface area contributed by atoms with E-state index < -0.39 is 12.0 Å².